The Balaban J connectivity index is 1.93. The van der Waals surface area contributed by atoms with Gasteiger partial charge < -0.3 is 14.8 Å². The predicted molar refractivity (Wildman–Crippen MR) is 88.7 cm³/mol. The number of aryl methyl sites for hydroxylation is 1. The van der Waals surface area contributed by atoms with E-state index in [4.69, 9.17) is 9.47 Å². The summed E-state index contributed by atoms with van der Waals surface area (Å²) in [5, 5.41) is 3.00. The molecule has 1 heterocycles. The lowest BCUT2D eigenvalue weighted by Crippen LogP contribution is -2.26. The van der Waals surface area contributed by atoms with Crippen molar-refractivity contribution in [3.63, 3.8) is 0 Å². The van der Waals surface area contributed by atoms with E-state index in [-0.39, 0.29) is 11.9 Å². The van der Waals surface area contributed by atoms with Crippen LogP contribution in [0.25, 0.3) is 0 Å². The number of methoxy groups -OCH3 is 2. The first-order valence-corrected chi connectivity index (χ1v) is 7.54. The molecule has 1 atom stereocenters. The molecule has 0 spiro atoms. The van der Waals surface area contributed by atoms with Crippen molar-refractivity contribution in [2.75, 3.05) is 14.2 Å². The molecule has 23 heavy (non-hydrogen) atoms. The van der Waals surface area contributed by atoms with Gasteiger partial charge in [-0.15, -0.1) is 0 Å². The number of benzene rings is 1. The number of ether oxygens (including phenoxy) is 2. The van der Waals surface area contributed by atoms with Gasteiger partial charge in [0.1, 0.15) is 0 Å². The van der Waals surface area contributed by atoms with E-state index in [1.54, 1.807) is 26.6 Å². The largest absolute Gasteiger partial charge is 0.493 e. The monoisotopic (exact) mass is 314 g/mol. The lowest BCUT2D eigenvalue weighted by molar-refractivity contribution is -0.121. The van der Waals surface area contributed by atoms with Gasteiger partial charge in [-0.2, -0.15) is 0 Å². The Bertz CT molecular complexity index is 644. The fraction of sp³-hybridized carbons (Fsp3) is 0.333. The standard InChI is InChI=1S/C18H22N2O3/c1-13(15-7-8-16(22-2)17(11-15)23-3)20-18(21)9-6-14-5-4-10-19-12-14/h4-5,7-8,10-13H,6,9H2,1-3H3,(H,20,21). The third-order valence-electron chi connectivity index (χ3n) is 3.65. The lowest BCUT2D eigenvalue weighted by Gasteiger charge is -2.16. The predicted octanol–water partition coefficient (Wildman–Crippen LogP) is 2.91. The zero-order valence-electron chi connectivity index (χ0n) is 13.7. The molecule has 5 heteroatoms. The number of carbonyl (C=O) groups excluding carboxylic acids is 1. The molecule has 0 aliphatic carbocycles. The van der Waals surface area contributed by atoms with Crippen LogP contribution in [0.4, 0.5) is 0 Å². The molecule has 2 aromatic rings. The average molecular weight is 314 g/mol. The molecule has 1 N–H and O–H groups in total. The highest BCUT2D eigenvalue weighted by Gasteiger charge is 2.12. The zero-order valence-corrected chi connectivity index (χ0v) is 13.7. The lowest BCUT2D eigenvalue weighted by atomic mass is 10.1. The molecule has 0 fully saturated rings. The van der Waals surface area contributed by atoms with Crippen LogP contribution in [-0.4, -0.2) is 25.1 Å². The van der Waals surface area contributed by atoms with E-state index in [1.807, 2.05) is 37.3 Å². The second kappa shape index (κ2) is 8.17. The number of aromatic nitrogens is 1. The topological polar surface area (TPSA) is 60.5 Å². The van der Waals surface area contributed by atoms with Gasteiger partial charge in [0.25, 0.3) is 0 Å². The summed E-state index contributed by atoms with van der Waals surface area (Å²) in [6, 6.07) is 9.39. The minimum atomic E-state index is -0.101. The molecule has 5 nitrogen and oxygen atoms in total. The van der Waals surface area contributed by atoms with E-state index in [9.17, 15) is 4.79 Å². The Morgan fingerprint density at radius 1 is 1.22 bits per heavy atom. The van der Waals surface area contributed by atoms with Crippen molar-refractivity contribution in [1.29, 1.82) is 0 Å². The normalized spacial score (nSPS) is 11.6. The summed E-state index contributed by atoms with van der Waals surface area (Å²) < 4.78 is 10.5. The molecular weight excluding hydrogens is 292 g/mol. The van der Waals surface area contributed by atoms with Crippen LogP contribution >= 0.6 is 0 Å². The molecular formula is C18H22N2O3. The van der Waals surface area contributed by atoms with Crippen LogP contribution < -0.4 is 14.8 Å². The number of pyridine rings is 1. The first-order valence-electron chi connectivity index (χ1n) is 7.54. The van der Waals surface area contributed by atoms with Crippen LogP contribution in [0.15, 0.2) is 42.7 Å². The van der Waals surface area contributed by atoms with Gasteiger partial charge in [0.05, 0.1) is 20.3 Å². The van der Waals surface area contributed by atoms with Crippen LogP contribution in [-0.2, 0) is 11.2 Å². The molecule has 1 unspecified atom stereocenters. The van der Waals surface area contributed by atoms with E-state index in [2.05, 4.69) is 10.3 Å². The number of hydrogen-bond donors (Lipinski definition) is 1. The molecule has 122 valence electrons. The minimum Gasteiger partial charge on any atom is -0.493 e. The molecule has 2 rings (SSSR count). The number of hydrogen-bond acceptors (Lipinski definition) is 4. The number of rotatable bonds is 7. The second-order valence-corrected chi connectivity index (χ2v) is 5.26. The molecule has 0 aliphatic heterocycles. The van der Waals surface area contributed by atoms with Crippen molar-refractivity contribution in [3.05, 3.63) is 53.9 Å². The number of amides is 1. The quantitative estimate of drug-likeness (QED) is 0.853. The summed E-state index contributed by atoms with van der Waals surface area (Å²) in [6.07, 6.45) is 4.62. The Hall–Kier alpha value is -2.56. The van der Waals surface area contributed by atoms with Crippen molar-refractivity contribution in [2.45, 2.75) is 25.8 Å². The van der Waals surface area contributed by atoms with Gasteiger partial charge >= 0.3 is 0 Å². The Morgan fingerprint density at radius 2 is 2.00 bits per heavy atom. The fourth-order valence-corrected chi connectivity index (χ4v) is 2.32. The van der Waals surface area contributed by atoms with Crippen LogP contribution in [0.5, 0.6) is 11.5 Å². The summed E-state index contributed by atoms with van der Waals surface area (Å²) in [6.45, 7) is 1.95. The fourth-order valence-electron chi connectivity index (χ4n) is 2.32. The van der Waals surface area contributed by atoms with E-state index < -0.39 is 0 Å². The average Bonchev–Trinajstić information content (AvgIpc) is 2.60. The Morgan fingerprint density at radius 3 is 2.65 bits per heavy atom. The van der Waals surface area contributed by atoms with Crippen LogP contribution in [0, 0.1) is 0 Å². The maximum atomic E-state index is 12.1. The molecule has 1 aromatic carbocycles. The van der Waals surface area contributed by atoms with Gasteiger partial charge in [0.15, 0.2) is 11.5 Å². The summed E-state index contributed by atoms with van der Waals surface area (Å²) in [4.78, 5) is 16.1. The first kappa shape index (κ1) is 16.8. The number of nitrogens with one attached hydrogen (secondary N) is 1. The van der Waals surface area contributed by atoms with Gasteiger partial charge in [-0.05, 0) is 42.7 Å². The highest BCUT2D eigenvalue weighted by molar-refractivity contribution is 5.76. The molecule has 1 amide bonds. The maximum absolute atomic E-state index is 12.1. The molecule has 0 saturated carbocycles. The first-order chi connectivity index (χ1) is 11.1. The van der Waals surface area contributed by atoms with E-state index in [0.717, 1.165) is 11.1 Å². The van der Waals surface area contributed by atoms with E-state index in [1.165, 1.54) is 0 Å². The molecule has 1 aromatic heterocycles. The summed E-state index contributed by atoms with van der Waals surface area (Å²) >= 11 is 0. The van der Waals surface area contributed by atoms with Crippen LogP contribution in [0.3, 0.4) is 0 Å². The number of nitrogens with zero attached hydrogens (tertiary/aromatic N) is 1. The van der Waals surface area contributed by atoms with Crippen LogP contribution in [0.1, 0.15) is 30.5 Å². The number of carbonyl (C=O) groups is 1. The summed E-state index contributed by atoms with van der Waals surface area (Å²) in [5.41, 5.74) is 2.03. The summed E-state index contributed by atoms with van der Waals surface area (Å²) in [7, 11) is 3.19. The molecule has 0 radical (unpaired) electrons. The third kappa shape index (κ3) is 4.71. The highest BCUT2D eigenvalue weighted by Crippen LogP contribution is 2.29. The van der Waals surface area contributed by atoms with Gasteiger partial charge in [-0.1, -0.05) is 12.1 Å². The van der Waals surface area contributed by atoms with Crippen molar-refractivity contribution >= 4 is 5.91 Å². The summed E-state index contributed by atoms with van der Waals surface area (Å²) in [5.74, 6) is 1.34. The maximum Gasteiger partial charge on any atom is 0.220 e. The minimum absolute atomic E-state index is 0.0103. The third-order valence-corrected chi connectivity index (χ3v) is 3.65. The molecule has 0 saturated heterocycles. The van der Waals surface area contributed by atoms with Gasteiger partial charge in [-0.3, -0.25) is 9.78 Å². The van der Waals surface area contributed by atoms with E-state index in [0.29, 0.717) is 24.3 Å². The Labute approximate surface area is 136 Å². The highest BCUT2D eigenvalue weighted by atomic mass is 16.5. The van der Waals surface area contributed by atoms with E-state index >= 15 is 0 Å². The van der Waals surface area contributed by atoms with Crippen molar-refractivity contribution < 1.29 is 14.3 Å². The van der Waals surface area contributed by atoms with Gasteiger partial charge in [0, 0.05) is 18.8 Å². The second-order valence-electron chi connectivity index (χ2n) is 5.26. The van der Waals surface area contributed by atoms with Gasteiger partial charge in [0.2, 0.25) is 5.91 Å². The molecule has 0 aliphatic rings. The van der Waals surface area contributed by atoms with Crippen LogP contribution in [0.2, 0.25) is 0 Å². The van der Waals surface area contributed by atoms with Crippen molar-refractivity contribution in [2.24, 2.45) is 0 Å². The van der Waals surface area contributed by atoms with Gasteiger partial charge in [-0.25, -0.2) is 0 Å². The van der Waals surface area contributed by atoms with Crippen molar-refractivity contribution in [1.82, 2.24) is 10.3 Å². The molecule has 0 bridgehead atoms. The zero-order chi connectivity index (χ0) is 16.7. The SMILES string of the molecule is COc1ccc(C(C)NC(=O)CCc2cccnc2)cc1OC. The smallest absolute Gasteiger partial charge is 0.220 e. The van der Waals surface area contributed by atoms with Crippen molar-refractivity contribution in [3.8, 4) is 11.5 Å². The Kier molecular flexibility index (Phi) is 5.97.